The number of carbonyl (C=O) groups is 2. The van der Waals surface area contributed by atoms with Crippen molar-refractivity contribution in [3.8, 4) is 0 Å². The Morgan fingerprint density at radius 2 is 1.23 bits per heavy atom. The van der Waals surface area contributed by atoms with Crippen LogP contribution in [0.25, 0.3) is 0 Å². The Labute approximate surface area is 148 Å². The smallest absolute Gasteiger partial charge is 0.481 e. The molecule has 2 aliphatic rings. The summed E-state index contributed by atoms with van der Waals surface area (Å²) in [7, 11) is -1.40. The molecule has 6 heteroatoms. The second-order valence-electron chi connectivity index (χ2n) is 5.06. The van der Waals surface area contributed by atoms with E-state index in [2.05, 4.69) is 49.6 Å². The van der Waals surface area contributed by atoms with Gasteiger partial charge in [0.15, 0.2) is 0 Å². The van der Waals surface area contributed by atoms with Crippen molar-refractivity contribution in [3.05, 3.63) is 46.8 Å². The number of hydrogen-bond donors (Lipinski definition) is 2. The van der Waals surface area contributed by atoms with Crippen molar-refractivity contribution in [1.82, 2.24) is 0 Å². The maximum atomic E-state index is 9.00. The van der Waals surface area contributed by atoms with Crippen LogP contribution in [-0.2, 0) is 31.3 Å². The standard InChI is InChI=1S/C12H14Si.2C2H4O2.Ti/c1-13(2,11-7-3-4-8-11)12-9-5-6-10-12;2*1-2(3)4;/h3,5,7,9H,4,6H2,1-2H3;2*1H3,(H,3,4);/q-2;;;+2. The zero-order valence-corrected chi connectivity index (χ0v) is 16.0. The van der Waals surface area contributed by atoms with Crippen molar-refractivity contribution in [2.45, 2.75) is 39.8 Å². The number of aliphatic carboxylic acids is 2. The summed E-state index contributed by atoms with van der Waals surface area (Å²) in [6, 6.07) is 0. The van der Waals surface area contributed by atoms with Gasteiger partial charge < -0.3 is 10.2 Å². The molecular weight excluding hydrogens is 332 g/mol. The molecular formula is C16H22O4SiTi. The predicted molar refractivity (Wildman–Crippen MR) is 85.1 cm³/mol. The first-order valence-corrected chi connectivity index (χ1v) is 9.62. The van der Waals surface area contributed by atoms with Crippen molar-refractivity contribution in [3.63, 3.8) is 0 Å². The van der Waals surface area contributed by atoms with E-state index in [0.717, 1.165) is 26.7 Å². The van der Waals surface area contributed by atoms with Crippen LogP contribution in [0.1, 0.15) is 26.7 Å². The molecule has 0 fully saturated rings. The van der Waals surface area contributed by atoms with Crippen LogP contribution in [0.2, 0.25) is 13.1 Å². The molecule has 0 saturated carbocycles. The Bertz CT molecular complexity index is 450. The van der Waals surface area contributed by atoms with Crippen molar-refractivity contribution in [1.29, 1.82) is 0 Å². The molecule has 0 atom stereocenters. The molecule has 0 bridgehead atoms. The zero-order valence-electron chi connectivity index (χ0n) is 13.4. The molecule has 0 heterocycles. The summed E-state index contributed by atoms with van der Waals surface area (Å²) in [6.07, 6.45) is 17.8. The Kier molecular flexibility index (Phi) is 12.0. The van der Waals surface area contributed by atoms with Gasteiger partial charge in [-0.15, -0.1) is 12.8 Å². The third-order valence-corrected chi connectivity index (χ3v) is 6.12. The molecule has 0 aliphatic heterocycles. The summed E-state index contributed by atoms with van der Waals surface area (Å²) < 4.78 is 0. The van der Waals surface area contributed by atoms with E-state index in [1.165, 1.54) is 10.4 Å². The fourth-order valence-corrected chi connectivity index (χ4v) is 4.26. The Morgan fingerprint density at radius 3 is 1.41 bits per heavy atom. The molecule has 0 radical (unpaired) electrons. The molecule has 0 saturated heterocycles. The quantitative estimate of drug-likeness (QED) is 0.589. The molecule has 2 rings (SSSR count). The van der Waals surface area contributed by atoms with E-state index >= 15 is 0 Å². The molecule has 118 valence electrons. The molecule has 0 spiro atoms. The molecule has 0 aromatic rings. The van der Waals surface area contributed by atoms with E-state index < -0.39 is 20.0 Å². The van der Waals surface area contributed by atoms with Crippen molar-refractivity contribution >= 4 is 20.0 Å². The summed E-state index contributed by atoms with van der Waals surface area (Å²) in [5.41, 5.74) is 0. The van der Waals surface area contributed by atoms with Crippen molar-refractivity contribution in [2.75, 3.05) is 0 Å². The molecule has 0 aromatic heterocycles. The molecule has 0 unspecified atom stereocenters. The number of rotatable bonds is 2. The minimum Gasteiger partial charge on any atom is -0.481 e. The van der Waals surface area contributed by atoms with Gasteiger partial charge in [-0.05, 0) is 0 Å². The average molecular weight is 354 g/mol. The summed E-state index contributed by atoms with van der Waals surface area (Å²) in [5, 5.41) is 17.7. The second kappa shape index (κ2) is 11.4. The van der Waals surface area contributed by atoms with Crippen LogP contribution in [0.5, 0.6) is 0 Å². The fraction of sp³-hybridized carbons (Fsp3) is 0.375. The average Bonchev–Trinajstić information content (AvgIpc) is 3.02. The third-order valence-electron chi connectivity index (χ3n) is 2.74. The van der Waals surface area contributed by atoms with Gasteiger partial charge in [0.1, 0.15) is 0 Å². The van der Waals surface area contributed by atoms with E-state index in [1.807, 2.05) is 0 Å². The topological polar surface area (TPSA) is 74.6 Å². The monoisotopic (exact) mass is 354 g/mol. The number of hydrogen-bond acceptors (Lipinski definition) is 2. The Morgan fingerprint density at radius 1 is 0.955 bits per heavy atom. The maximum Gasteiger partial charge on any atom is 2.00 e. The van der Waals surface area contributed by atoms with Gasteiger partial charge in [-0.2, -0.15) is 12.2 Å². The largest absolute Gasteiger partial charge is 2.00 e. The van der Waals surface area contributed by atoms with Gasteiger partial charge in [0, 0.05) is 21.9 Å². The molecule has 2 aliphatic carbocycles. The van der Waals surface area contributed by atoms with Gasteiger partial charge in [0.05, 0.1) is 0 Å². The van der Waals surface area contributed by atoms with Crippen LogP contribution >= 0.6 is 0 Å². The van der Waals surface area contributed by atoms with E-state index in [1.54, 1.807) is 0 Å². The summed E-state index contributed by atoms with van der Waals surface area (Å²) in [5.74, 6) is -1.67. The molecule has 4 nitrogen and oxygen atoms in total. The molecule has 22 heavy (non-hydrogen) atoms. The minimum atomic E-state index is -1.40. The van der Waals surface area contributed by atoms with Gasteiger partial charge >= 0.3 is 21.7 Å². The van der Waals surface area contributed by atoms with Crippen LogP contribution in [0, 0.1) is 12.2 Å². The first kappa shape index (κ1) is 23.1. The van der Waals surface area contributed by atoms with E-state index in [9.17, 15) is 0 Å². The van der Waals surface area contributed by atoms with Gasteiger partial charge in [-0.3, -0.25) is 21.7 Å². The summed E-state index contributed by atoms with van der Waals surface area (Å²) in [6.45, 7) is 6.92. The first-order valence-electron chi connectivity index (χ1n) is 6.62. The van der Waals surface area contributed by atoms with Crippen LogP contribution in [0.3, 0.4) is 0 Å². The van der Waals surface area contributed by atoms with Crippen molar-refractivity contribution in [2.24, 2.45) is 0 Å². The summed E-state index contributed by atoms with van der Waals surface area (Å²) >= 11 is 0. The van der Waals surface area contributed by atoms with E-state index in [4.69, 9.17) is 19.8 Å². The number of carboxylic acids is 2. The molecule has 0 aromatic carbocycles. The molecule has 0 amide bonds. The van der Waals surface area contributed by atoms with E-state index in [-0.39, 0.29) is 21.7 Å². The van der Waals surface area contributed by atoms with Crippen LogP contribution < -0.4 is 0 Å². The van der Waals surface area contributed by atoms with E-state index in [0.29, 0.717) is 0 Å². The Hall–Kier alpha value is -1.17. The SMILES string of the molecule is CC(=O)O.CC(=O)O.C[Si](C)(C1=[C-]CC=C1)C1=[C-]CC=C1.[Ti+2]. The van der Waals surface area contributed by atoms with Gasteiger partial charge in [-0.1, -0.05) is 13.1 Å². The van der Waals surface area contributed by atoms with Gasteiger partial charge in [0.2, 0.25) is 0 Å². The third kappa shape index (κ3) is 9.71. The zero-order chi connectivity index (χ0) is 16.5. The second-order valence-corrected chi connectivity index (χ2v) is 9.38. The number of carboxylic acid groups (broad SMARTS) is 2. The first-order chi connectivity index (χ1) is 9.67. The van der Waals surface area contributed by atoms with Crippen LogP contribution in [0.4, 0.5) is 0 Å². The predicted octanol–water partition coefficient (Wildman–Crippen LogP) is 3.33. The fourth-order valence-electron chi connectivity index (χ4n) is 1.81. The Balaban J connectivity index is 0. The summed E-state index contributed by atoms with van der Waals surface area (Å²) in [4.78, 5) is 18.0. The van der Waals surface area contributed by atoms with Crippen LogP contribution in [-0.4, -0.2) is 30.2 Å². The van der Waals surface area contributed by atoms with Gasteiger partial charge in [0.25, 0.3) is 11.9 Å². The van der Waals surface area contributed by atoms with Crippen LogP contribution in [0.15, 0.2) is 34.7 Å². The normalized spacial score (nSPS) is 14.5. The number of allylic oxidation sites excluding steroid dienone is 8. The minimum absolute atomic E-state index is 0. The maximum absolute atomic E-state index is 9.00. The van der Waals surface area contributed by atoms with Crippen molar-refractivity contribution < 1.29 is 41.5 Å². The molecule has 2 N–H and O–H groups in total. The van der Waals surface area contributed by atoms with Gasteiger partial charge in [-0.25, -0.2) is 22.5 Å².